The van der Waals surface area contributed by atoms with Crippen LogP contribution in [0.2, 0.25) is 0 Å². The number of thiocarbonyl (C=S) groups is 1. The molecule has 3 nitrogen and oxygen atoms in total. The monoisotopic (exact) mass is 265 g/mol. The summed E-state index contributed by atoms with van der Waals surface area (Å²) in [5, 5.41) is 0. The first kappa shape index (κ1) is 14.9. The standard InChI is InChI=1S/C14H23N3S/c1-11-10-12(6-7-13(11)14(15)18)17(4)9-5-8-16(2)3/h6-7,10H,5,8-9H2,1-4H3,(H2,15,18). The lowest BCUT2D eigenvalue weighted by atomic mass is 10.1. The molecule has 0 radical (unpaired) electrons. The molecule has 2 N–H and O–H groups in total. The SMILES string of the molecule is Cc1cc(N(C)CCCN(C)C)ccc1C(N)=S. The van der Waals surface area contributed by atoms with E-state index in [4.69, 9.17) is 18.0 Å². The molecule has 0 atom stereocenters. The average molecular weight is 265 g/mol. The summed E-state index contributed by atoms with van der Waals surface area (Å²) in [7, 11) is 6.31. The van der Waals surface area contributed by atoms with Gasteiger partial charge in [0.05, 0.1) is 0 Å². The molecule has 0 bridgehead atoms. The summed E-state index contributed by atoms with van der Waals surface area (Å²) >= 11 is 5.02. The zero-order valence-corrected chi connectivity index (χ0v) is 12.5. The van der Waals surface area contributed by atoms with Gasteiger partial charge in [-0.2, -0.15) is 0 Å². The summed E-state index contributed by atoms with van der Waals surface area (Å²) in [6, 6.07) is 6.23. The Morgan fingerprint density at radius 2 is 1.89 bits per heavy atom. The largest absolute Gasteiger partial charge is 0.389 e. The molecule has 1 rings (SSSR count). The molecular formula is C14H23N3S. The van der Waals surface area contributed by atoms with Gasteiger partial charge in [-0.05, 0) is 57.7 Å². The Balaban J connectivity index is 2.66. The average Bonchev–Trinajstić information content (AvgIpc) is 2.27. The summed E-state index contributed by atoms with van der Waals surface area (Å²) in [5.74, 6) is 0. The molecule has 1 aromatic rings. The van der Waals surface area contributed by atoms with E-state index in [9.17, 15) is 0 Å². The molecule has 0 heterocycles. The van der Waals surface area contributed by atoms with Crippen molar-refractivity contribution < 1.29 is 0 Å². The van der Waals surface area contributed by atoms with E-state index < -0.39 is 0 Å². The minimum atomic E-state index is 0.467. The second-order valence-corrected chi connectivity index (χ2v) is 5.38. The lowest BCUT2D eigenvalue weighted by molar-refractivity contribution is 0.401. The van der Waals surface area contributed by atoms with Gasteiger partial charge in [-0.15, -0.1) is 0 Å². The van der Waals surface area contributed by atoms with Crippen LogP contribution in [-0.2, 0) is 0 Å². The van der Waals surface area contributed by atoms with E-state index >= 15 is 0 Å². The van der Waals surface area contributed by atoms with Crippen LogP contribution in [0.4, 0.5) is 5.69 Å². The number of benzene rings is 1. The molecule has 0 saturated carbocycles. The van der Waals surface area contributed by atoms with Gasteiger partial charge in [0, 0.05) is 24.8 Å². The van der Waals surface area contributed by atoms with Gasteiger partial charge in [-0.25, -0.2) is 0 Å². The Bertz CT molecular complexity index is 416. The minimum absolute atomic E-state index is 0.467. The lowest BCUT2D eigenvalue weighted by Gasteiger charge is -2.21. The Morgan fingerprint density at radius 1 is 1.22 bits per heavy atom. The predicted octanol–water partition coefficient (Wildman–Crippen LogP) is 2.02. The van der Waals surface area contributed by atoms with Crippen LogP contribution in [0.5, 0.6) is 0 Å². The normalized spacial score (nSPS) is 10.7. The Morgan fingerprint density at radius 3 is 2.39 bits per heavy atom. The molecule has 100 valence electrons. The van der Waals surface area contributed by atoms with Crippen LogP contribution >= 0.6 is 12.2 Å². The highest BCUT2D eigenvalue weighted by molar-refractivity contribution is 7.80. The van der Waals surface area contributed by atoms with E-state index in [1.807, 2.05) is 13.0 Å². The fourth-order valence-corrected chi connectivity index (χ4v) is 2.14. The summed E-state index contributed by atoms with van der Waals surface area (Å²) in [5.41, 5.74) is 8.99. The van der Waals surface area contributed by atoms with Crippen molar-refractivity contribution in [2.45, 2.75) is 13.3 Å². The lowest BCUT2D eigenvalue weighted by Crippen LogP contribution is -2.23. The first-order valence-electron chi connectivity index (χ1n) is 6.18. The van der Waals surface area contributed by atoms with Gasteiger partial charge >= 0.3 is 0 Å². The maximum absolute atomic E-state index is 5.67. The number of nitrogens with zero attached hydrogens (tertiary/aromatic N) is 2. The Kier molecular flexibility index (Phi) is 5.56. The van der Waals surface area contributed by atoms with Crippen molar-refractivity contribution in [1.29, 1.82) is 0 Å². The summed E-state index contributed by atoms with van der Waals surface area (Å²) in [4.78, 5) is 4.93. The van der Waals surface area contributed by atoms with Crippen molar-refractivity contribution in [3.8, 4) is 0 Å². The van der Waals surface area contributed by atoms with Crippen LogP contribution in [0.25, 0.3) is 0 Å². The molecule has 0 spiro atoms. The second-order valence-electron chi connectivity index (χ2n) is 4.94. The van der Waals surface area contributed by atoms with E-state index in [0.29, 0.717) is 4.99 Å². The Labute approximate surface area is 116 Å². The van der Waals surface area contributed by atoms with Crippen molar-refractivity contribution >= 4 is 22.9 Å². The summed E-state index contributed by atoms with van der Waals surface area (Å²) in [6.07, 6.45) is 1.15. The fourth-order valence-electron chi connectivity index (χ4n) is 1.91. The van der Waals surface area contributed by atoms with Gasteiger partial charge in [-0.1, -0.05) is 12.2 Å². The highest BCUT2D eigenvalue weighted by Gasteiger charge is 2.05. The van der Waals surface area contributed by atoms with E-state index in [1.165, 1.54) is 5.69 Å². The van der Waals surface area contributed by atoms with Crippen LogP contribution < -0.4 is 10.6 Å². The van der Waals surface area contributed by atoms with Gasteiger partial charge in [0.15, 0.2) is 0 Å². The molecule has 0 unspecified atom stereocenters. The van der Waals surface area contributed by atoms with Gasteiger partial charge in [-0.3, -0.25) is 0 Å². The smallest absolute Gasteiger partial charge is 0.104 e. The third kappa shape index (κ3) is 4.27. The van der Waals surface area contributed by atoms with Crippen LogP contribution in [0.3, 0.4) is 0 Å². The van der Waals surface area contributed by atoms with E-state index in [0.717, 1.165) is 30.6 Å². The van der Waals surface area contributed by atoms with E-state index in [1.54, 1.807) is 0 Å². The topological polar surface area (TPSA) is 32.5 Å². The maximum atomic E-state index is 5.67. The number of hydrogen-bond donors (Lipinski definition) is 1. The molecule has 0 aliphatic rings. The van der Waals surface area contributed by atoms with Gasteiger partial charge in [0.25, 0.3) is 0 Å². The summed E-state index contributed by atoms with van der Waals surface area (Å²) in [6.45, 7) is 4.20. The molecular weight excluding hydrogens is 242 g/mol. The summed E-state index contributed by atoms with van der Waals surface area (Å²) < 4.78 is 0. The van der Waals surface area contributed by atoms with Crippen LogP contribution in [-0.4, -0.2) is 44.1 Å². The number of hydrogen-bond acceptors (Lipinski definition) is 3. The molecule has 0 saturated heterocycles. The number of nitrogens with two attached hydrogens (primary N) is 1. The first-order chi connectivity index (χ1) is 8.41. The molecule has 0 aliphatic heterocycles. The number of aryl methyl sites for hydroxylation is 1. The fraction of sp³-hybridized carbons (Fsp3) is 0.500. The van der Waals surface area contributed by atoms with Gasteiger partial charge in [0.2, 0.25) is 0 Å². The Hall–Kier alpha value is -1.13. The number of anilines is 1. The van der Waals surface area contributed by atoms with Gasteiger partial charge < -0.3 is 15.5 Å². The molecule has 0 aliphatic carbocycles. The third-order valence-corrected chi connectivity index (χ3v) is 3.23. The number of rotatable bonds is 6. The van der Waals surface area contributed by atoms with Crippen molar-refractivity contribution in [3.63, 3.8) is 0 Å². The quantitative estimate of drug-likeness (QED) is 0.798. The molecule has 1 aromatic carbocycles. The van der Waals surface area contributed by atoms with Crippen molar-refractivity contribution in [2.24, 2.45) is 5.73 Å². The van der Waals surface area contributed by atoms with Crippen LogP contribution in [0.15, 0.2) is 18.2 Å². The third-order valence-electron chi connectivity index (χ3n) is 3.02. The molecule has 0 aromatic heterocycles. The first-order valence-corrected chi connectivity index (χ1v) is 6.59. The predicted molar refractivity (Wildman–Crippen MR) is 83.5 cm³/mol. The van der Waals surface area contributed by atoms with Crippen LogP contribution in [0.1, 0.15) is 17.5 Å². The van der Waals surface area contributed by atoms with Crippen molar-refractivity contribution in [3.05, 3.63) is 29.3 Å². The van der Waals surface area contributed by atoms with Crippen LogP contribution in [0, 0.1) is 6.92 Å². The highest BCUT2D eigenvalue weighted by atomic mass is 32.1. The highest BCUT2D eigenvalue weighted by Crippen LogP contribution is 2.18. The molecule has 0 fully saturated rings. The zero-order valence-electron chi connectivity index (χ0n) is 11.7. The second kappa shape index (κ2) is 6.71. The molecule has 4 heteroatoms. The van der Waals surface area contributed by atoms with Crippen molar-refractivity contribution in [1.82, 2.24) is 4.90 Å². The maximum Gasteiger partial charge on any atom is 0.104 e. The minimum Gasteiger partial charge on any atom is -0.389 e. The van der Waals surface area contributed by atoms with E-state index in [2.05, 4.69) is 43.1 Å². The van der Waals surface area contributed by atoms with Crippen molar-refractivity contribution in [2.75, 3.05) is 39.1 Å². The van der Waals surface area contributed by atoms with E-state index in [-0.39, 0.29) is 0 Å². The molecule has 18 heavy (non-hydrogen) atoms. The molecule has 0 amide bonds. The van der Waals surface area contributed by atoms with Gasteiger partial charge in [0.1, 0.15) is 4.99 Å². The zero-order chi connectivity index (χ0) is 13.7.